The first kappa shape index (κ1) is 16.4. The number of ether oxygens (including phenoxy) is 4. The number of hydrogen-bond donors (Lipinski definition) is 0. The Hall–Kier alpha value is -2.48. The van der Waals surface area contributed by atoms with E-state index in [-0.39, 0.29) is 0 Å². The van der Waals surface area contributed by atoms with Crippen LogP contribution in [-0.2, 0) is 14.2 Å². The number of nitrogens with zero attached hydrogens (tertiary/aromatic N) is 2. The molecule has 2 aliphatic heterocycles. The average Bonchev–Trinajstić information content (AvgIpc) is 3.17. The molecule has 8 nitrogen and oxygen atoms in total. The standard InChI is InChI=1S/C16H20N2O6/c1-11-9-12(17-3-5-23-15(17)19)10-13(14(11)22-8-7-21-2)18-4-6-24-16(18)20/h9-10H,3-8H2,1-2H3. The van der Waals surface area contributed by atoms with Crippen molar-refractivity contribution >= 4 is 23.6 Å². The maximum absolute atomic E-state index is 12.0. The summed E-state index contributed by atoms with van der Waals surface area (Å²) in [4.78, 5) is 26.9. The van der Waals surface area contributed by atoms with E-state index in [0.717, 1.165) is 5.56 Å². The van der Waals surface area contributed by atoms with Gasteiger partial charge < -0.3 is 18.9 Å². The number of carbonyl (C=O) groups excluding carboxylic acids is 2. The molecule has 1 aromatic carbocycles. The Morgan fingerprint density at radius 3 is 2.29 bits per heavy atom. The van der Waals surface area contributed by atoms with Crippen LogP contribution < -0.4 is 14.5 Å². The number of methoxy groups -OCH3 is 1. The van der Waals surface area contributed by atoms with Gasteiger partial charge in [0.15, 0.2) is 0 Å². The minimum Gasteiger partial charge on any atom is -0.489 e. The van der Waals surface area contributed by atoms with Crippen molar-refractivity contribution < 1.29 is 28.5 Å². The lowest BCUT2D eigenvalue weighted by Gasteiger charge is -2.23. The van der Waals surface area contributed by atoms with E-state index in [1.54, 1.807) is 13.2 Å². The van der Waals surface area contributed by atoms with Crippen LogP contribution in [0.4, 0.5) is 21.0 Å². The highest BCUT2D eigenvalue weighted by Crippen LogP contribution is 2.38. The molecule has 2 heterocycles. The van der Waals surface area contributed by atoms with Gasteiger partial charge in [-0.15, -0.1) is 0 Å². The fourth-order valence-electron chi connectivity index (χ4n) is 2.75. The molecule has 3 rings (SSSR count). The van der Waals surface area contributed by atoms with Crippen molar-refractivity contribution in [2.24, 2.45) is 0 Å². The van der Waals surface area contributed by atoms with E-state index in [9.17, 15) is 9.59 Å². The molecule has 0 spiro atoms. The zero-order valence-corrected chi connectivity index (χ0v) is 13.7. The summed E-state index contributed by atoms with van der Waals surface area (Å²) in [6.45, 7) is 4.26. The second-order valence-corrected chi connectivity index (χ2v) is 5.48. The second kappa shape index (κ2) is 6.96. The van der Waals surface area contributed by atoms with E-state index in [0.29, 0.717) is 56.6 Å². The van der Waals surface area contributed by atoms with Crippen LogP contribution in [0.5, 0.6) is 5.75 Å². The molecule has 0 aliphatic carbocycles. The van der Waals surface area contributed by atoms with Crippen LogP contribution in [0.15, 0.2) is 12.1 Å². The normalized spacial score (nSPS) is 17.2. The molecule has 0 bridgehead atoms. The molecule has 0 N–H and O–H groups in total. The quantitative estimate of drug-likeness (QED) is 0.739. The molecule has 0 aromatic heterocycles. The van der Waals surface area contributed by atoms with Gasteiger partial charge in [0.2, 0.25) is 0 Å². The topological polar surface area (TPSA) is 77.5 Å². The van der Waals surface area contributed by atoms with Crippen molar-refractivity contribution in [1.29, 1.82) is 0 Å². The summed E-state index contributed by atoms with van der Waals surface area (Å²) in [7, 11) is 1.59. The highest BCUT2D eigenvalue weighted by Gasteiger charge is 2.30. The molecule has 0 saturated carbocycles. The third-order valence-electron chi connectivity index (χ3n) is 3.90. The van der Waals surface area contributed by atoms with Gasteiger partial charge >= 0.3 is 12.2 Å². The third-order valence-corrected chi connectivity index (χ3v) is 3.90. The van der Waals surface area contributed by atoms with Gasteiger partial charge in [-0.25, -0.2) is 9.59 Å². The Labute approximate surface area is 139 Å². The monoisotopic (exact) mass is 336 g/mol. The number of benzene rings is 1. The number of amides is 2. The van der Waals surface area contributed by atoms with Crippen molar-refractivity contribution in [1.82, 2.24) is 0 Å². The van der Waals surface area contributed by atoms with Gasteiger partial charge in [0, 0.05) is 12.8 Å². The van der Waals surface area contributed by atoms with Gasteiger partial charge in [0.25, 0.3) is 0 Å². The summed E-state index contributed by atoms with van der Waals surface area (Å²) >= 11 is 0. The lowest BCUT2D eigenvalue weighted by Crippen LogP contribution is -2.27. The summed E-state index contributed by atoms with van der Waals surface area (Å²) in [6, 6.07) is 3.61. The van der Waals surface area contributed by atoms with E-state index in [1.807, 2.05) is 13.0 Å². The maximum Gasteiger partial charge on any atom is 0.414 e. The van der Waals surface area contributed by atoms with Crippen LogP contribution in [0.25, 0.3) is 0 Å². The molecule has 2 fully saturated rings. The SMILES string of the molecule is COCCOc1c(C)cc(N2CCOC2=O)cc1N1CCOC1=O. The summed E-state index contributed by atoms with van der Waals surface area (Å²) in [5.74, 6) is 0.585. The Morgan fingerprint density at radius 2 is 1.71 bits per heavy atom. The Kier molecular flexibility index (Phi) is 4.75. The zero-order valence-electron chi connectivity index (χ0n) is 13.7. The number of carbonyl (C=O) groups is 2. The summed E-state index contributed by atoms with van der Waals surface area (Å²) in [6.07, 6.45) is -0.815. The van der Waals surface area contributed by atoms with E-state index in [1.165, 1.54) is 9.80 Å². The van der Waals surface area contributed by atoms with Crippen molar-refractivity contribution in [2.75, 3.05) is 56.4 Å². The molecule has 130 valence electrons. The molecule has 2 saturated heterocycles. The molecular weight excluding hydrogens is 316 g/mol. The minimum atomic E-state index is -0.424. The number of aryl methyl sites for hydroxylation is 1. The van der Waals surface area contributed by atoms with Gasteiger partial charge in [-0.05, 0) is 24.6 Å². The fourth-order valence-corrected chi connectivity index (χ4v) is 2.75. The van der Waals surface area contributed by atoms with E-state index in [4.69, 9.17) is 18.9 Å². The summed E-state index contributed by atoms with van der Waals surface area (Å²) in [5.41, 5.74) is 2.07. The summed E-state index contributed by atoms with van der Waals surface area (Å²) in [5, 5.41) is 0. The van der Waals surface area contributed by atoms with E-state index in [2.05, 4.69) is 0 Å². The highest BCUT2D eigenvalue weighted by atomic mass is 16.6. The third kappa shape index (κ3) is 3.09. The van der Waals surface area contributed by atoms with Crippen LogP contribution in [0.1, 0.15) is 5.56 Å². The Morgan fingerprint density at radius 1 is 1.04 bits per heavy atom. The number of cyclic esters (lactones) is 2. The average molecular weight is 336 g/mol. The molecule has 24 heavy (non-hydrogen) atoms. The fraction of sp³-hybridized carbons (Fsp3) is 0.500. The van der Waals surface area contributed by atoms with Crippen molar-refractivity contribution in [3.05, 3.63) is 17.7 Å². The first-order valence-corrected chi connectivity index (χ1v) is 7.77. The molecule has 8 heteroatoms. The van der Waals surface area contributed by atoms with Crippen molar-refractivity contribution in [2.45, 2.75) is 6.92 Å². The molecular formula is C16H20N2O6. The van der Waals surface area contributed by atoms with Crippen LogP contribution in [0, 0.1) is 6.92 Å². The first-order valence-electron chi connectivity index (χ1n) is 7.77. The van der Waals surface area contributed by atoms with Gasteiger partial charge in [-0.2, -0.15) is 0 Å². The van der Waals surface area contributed by atoms with E-state index < -0.39 is 12.2 Å². The summed E-state index contributed by atoms with van der Waals surface area (Å²) < 4.78 is 20.8. The molecule has 0 unspecified atom stereocenters. The molecule has 0 radical (unpaired) electrons. The predicted molar refractivity (Wildman–Crippen MR) is 85.9 cm³/mol. The number of rotatable bonds is 6. The predicted octanol–water partition coefficient (Wildman–Crippen LogP) is 1.93. The highest BCUT2D eigenvalue weighted by molar-refractivity contribution is 5.95. The largest absolute Gasteiger partial charge is 0.489 e. The van der Waals surface area contributed by atoms with Gasteiger partial charge in [0.05, 0.1) is 25.4 Å². The van der Waals surface area contributed by atoms with Crippen molar-refractivity contribution in [3.8, 4) is 5.75 Å². The van der Waals surface area contributed by atoms with Gasteiger partial charge in [-0.3, -0.25) is 9.80 Å². The lowest BCUT2D eigenvalue weighted by molar-refractivity contribution is 0.146. The second-order valence-electron chi connectivity index (χ2n) is 5.48. The van der Waals surface area contributed by atoms with Crippen LogP contribution >= 0.6 is 0 Å². The number of anilines is 2. The zero-order chi connectivity index (χ0) is 17.1. The Bertz CT molecular complexity index is 648. The maximum atomic E-state index is 12.0. The smallest absolute Gasteiger partial charge is 0.414 e. The first-order chi connectivity index (χ1) is 11.6. The lowest BCUT2D eigenvalue weighted by atomic mass is 10.1. The van der Waals surface area contributed by atoms with Crippen molar-refractivity contribution in [3.63, 3.8) is 0 Å². The van der Waals surface area contributed by atoms with Crippen LogP contribution in [-0.4, -0.2) is 58.8 Å². The Balaban J connectivity index is 1.98. The molecule has 2 amide bonds. The van der Waals surface area contributed by atoms with E-state index >= 15 is 0 Å². The van der Waals surface area contributed by atoms with Gasteiger partial charge in [0.1, 0.15) is 25.6 Å². The number of hydrogen-bond acceptors (Lipinski definition) is 6. The molecule has 1 aromatic rings. The van der Waals surface area contributed by atoms with Crippen LogP contribution in [0.2, 0.25) is 0 Å². The molecule has 0 atom stereocenters. The molecule has 2 aliphatic rings. The minimum absolute atomic E-state index is 0.325. The van der Waals surface area contributed by atoms with Crippen LogP contribution in [0.3, 0.4) is 0 Å². The van der Waals surface area contributed by atoms with Gasteiger partial charge in [-0.1, -0.05) is 0 Å².